The van der Waals surface area contributed by atoms with Crippen LogP contribution in [0, 0.1) is 0 Å². The second-order valence-electron chi connectivity index (χ2n) is 14.2. The van der Waals surface area contributed by atoms with Gasteiger partial charge in [-0.05, 0) is 106 Å². The molecule has 0 aliphatic carbocycles. The van der Waals surface area contributed by atoms with Gasteiger partial charge in [0.15, 0.2) is 0 Å². The third-order valence-corrected chi connectivity index (χ3v) is 11.0. The van der Waals surface area contributed by atoms with Crippen molar-refractivity contribution in [1.29, 1.82) is 0 Å². The fraction of sp³-hybridized carbons (Fsp3) is 0. The highest BCUT2D eigenvalue weighted by atomic mass is 16.3. The molecule has 11 rings (SSSR count). The molecule has 0 saturated carbocycles. The molecule has 55 heavy (non-hydrogen) atoms. The summed E-state index contributed by atoms with van der Waals surface area (Å²) in [4.78, 5) is 2.29. The Balaban J connectivity index is 1.00. The normalized spacial score (nSPS) is 11.6. The molecule has 2 aromatic heterocycles. The lowest BCUT2D eigenvalue weighted by Crippen LogP contribution is -2.09. The standard InChI is InChI=1S/C52H34N2O/c1-4-12-35(13-5-1)36-20-25-42(26-21-36)53(40-14-6-2-7-15-40)43-27-30-47-51(34-43)55-50-31-24-39-32-37(22-28-44(39)52(47)50)38-23-29-46-45-18-10-11-19-48(45)54(49(46)33-38)41-16-8-3-9-17-41/h1-34H. The van der Waals surface area contributed by atoms with E-state index in [4.69, 9.17) is 4.42 Å². The smallest absolute Gasteiger partial charge is 0.137 e. The number of hydrogen-bond acceptors (Lipinski definition) is 2. The van der Waals surface area contributed by atoms with Gasteiger partial charge in [0.05, 0.1) is 11.0 Å². The molecular formula is C52H34N2O. The van der Waals surface area contributed by atoms with E-state index in [9.17, 15) is 0 Å². The molecular weight excluding hydrogens is 669 g/mol. The zero-order valence-corrected chi connectivity index (χ0v) is 29.9. The van der Waals surface area contributed by atoms with E-state index in [1.807, 2.05) is 0 Å². The molecule has 0 aliphatic heterocycles. The van der Waals surface area contributed by atoms with Crippen LogP contribution in [-0.2, 0) is 0 Å². The van der Waals surface area contributed by atoms with Gasteiger partial charge in [-0.25, -0.2) is 0 Å². The first-order valence-corrected chi connectivity index (χ1v) is 18.8. The van der Waals surface area contributed by atoms with Gasteiger partial charge in [0, 0.05) is 50.4 Å². The summed E-state index contributed by atoms with van der Waals surface area (Å²) < 4.78 is 9.00. The third-order valence-electron chi connectivity index (χ3n) is 11.0. The van der Waals surface area contributed by atoms with Crippen molar-refractivity contribution in [2.75, 3.05) is 4.90 Å². The van der Waals surface area contributed by atoms with Crippen LogP contribution in [0.2, 0.25) is 0 Å². The molecule has 0 atom stereocenters. The summed E-state index contributed by atoms with van der Waals surface area (Å²) in [6.07, 6.45) is 0. The highest BCUT2D eigenvalue weighted by Gasteiger charge is 2.18. The zero-order chi connectivity index (χ0) is 36.3. The molecule has 9 aromatic carbocycles. The summed E-state index contributed by atoms with van der Waals surface area (Å²) in [7, 11) is 0. The van der Waals surface area contributed by atoms with Gasteiger partial charge in [0.25, 0.3) is 0 Å². The van der Waals surface area contributed by atoms with Crippen LogP contribution in [0.4, 0.5) is 17.1 Å². The molecule has 0 spiro atoms. The number of benzene rings is 9. The summed E-state index contributed by atoms with van der Waals surface area (Å²) in [5, 5.41) is 7.14. The molecule has 0 saturated heterocycles. The minimum Gasteiger partial charge on any atom is -0.456 e. The summed E-state index contributed by atoms with van der Waals surface area (Å²) in [6, 6.07) is 73.8. The maximum absolute atomic E-state index is 6.62. The predicted octanol–water partition coefficient (Wildman–Crippen LogP) is 14.6. The number of fused-ring (bicyclic) bond motifs is 8. The zero-order valence-electron chi connectivity index (χ0n) is 29.9. The van der Waals surface area contributed by atoms with Crippen molar-refractivity contribution in [1.82, 2.24) is 4.57 Å². The topological polar surface area (TPSA) is 21.3 Å². The van der Waals surface area contributed by atoms with Gasteiger partial charge in [-0.15, -0.1) is 0 Å². The van der Waals surface area contributed by atoms with Crippen molar-refractivity contribution in [3.8, 4) is 27.9 Å². The second kappa shape index (κ2) is 12.6. The van der Waals surface area contributed by atoms with Crippen LogP contribution >= 0.6 is 0 Å². The Bertz CT molecular complexity index is 3180. The molecule has 0 unspecified atom stereocenters. The SMILES string of the molecule is c1ccc(-c2ccc(N(c3ccccc3)c3ccc4c(c3)oc3ccc5cc(-c6ccc7c8ccccc8n(-c8ccccc8)c7c6)ccc5c34)cc2)cc1. The molecule has 3 heteroatoms. The number of furan rings is 1. The lowest BCUT2D eigenvalue weighted by molar-refractivity contribution is 0.669. The Labute approximate surface area is 318 Å². The molecule has 258 valence electrons. The molecule has 11 aromatic rings. The molecule has 0 radical (unpaired) electrons. The number of anilines is 3. The average Bonchev–Trinajstić information content (AvgIpc) is 3.80. The number of rotatable bonds is 6. The third kappa shape index (κ3) is 5.20. The average molecular weight is 703 g/mol. The van der Waals surface area contributed by atoms with Crippen molar-refractivity contribution in [3.05, 3.63) is 206 Å². The van der Waals surface area contributed by atoms with E-state index in [0.717, 1.165) is 44.7 Å². The molecule has 0 amide bonds. The first kappa shape index (κ1) is 31.2. The Morgan fingerprint density at radius 2 is 0.927 bits per heavy atom. The highest BCUT2D eigenvalue weighted by Crippen LogP contribution is 2.42. The maximum Gasteiger partial charge on any atom is 0.137 e. The monoisotopic (exact) mass is 702 g/mol. The van der Waals surface area contributed by atoms with Crippen LogP contribution in [-0.4, -0.2) is 4.57 Å². The molecule has 0 N–H and O–H groups in total. The van der Waals surface area contributed by atoms with E-state index in [0.29, 0.717) is 0 Å². The Morgan fingerprint density at radius 1 is 0.345 bits per heavy atom. The minimum atomic E-state index is 0.866. The van der Waals surface area contributed by atoms with Crippen LogP contribution in [0.15, 0.2) is 211 Å². The Hall–Kier alpha value is -7.36. The van der Waals surface area contributed by atoms with Crippen molar-refractivity contribution in [2.45, 2.75) is 0 Å². The number of para-hydroxylation sites is 3. The van der Waals surface area contributed by atoms with Crippen molar-refractivity contribution >= 4 is 71.6 Å². The Morgan fingerprint density at radius 3 is 1.73 bits per heavy atom. The van der Waals surface area contributed by atoms with E-state index >= 15 is 0 Å². The largest absolute Gasteiger partial charge is 0.456 e. The molecule has 0 fully saturated rings. The van der Waals surface area contributed by atoms with Crippen molar-refractivity contribution in [2.24, 2.45) is 0 Å². The van der Waals surface area contributed by atoms with Gasteiger partial charge < -0.3 is 13.9 Å². The fourth-order valence-electron chi connectivity index (χ4n) is 8.37. The molecule has 0 bridgehead atoms. The van der Waals surface area contributed by atoms with E-state index in [1.165, 1.54) is 54.8 Å². The maximum atomic E-state index is 6.62. The summed E-state index contributed by atoms with van der Waals surface area (Å²) >= 11 is 0. The van der Waals surface area contributed by atoms with Crippen LogP contribution in [0.3, 0.4) is 0 Å². The summed E-state index contributed by atoms with van der Waals surface area (Å²) in [6.45, 7) is 0. The second-order valence-corrected chi connectivity index (χ2v) is 14.2. The van der Waals surface area contributed by atoms with Crippen LogP contribution in [0.1, 0.15) is 0 Å². The van der Waals surface area contributed by atoms with Gasteiger partial charge in [-0.2, -0.15) is 0 Å². The van der Waals surface area contributed by atoms with E-state index in [1.54, 1.807) is 0 Å². The summed E-state index contributed by atoms with van der Waals surface area (Å²) in [5.41, 5.74) is 13.3. The van der Waals surface area contributed by atoms with Crippen molar-refractivity contribution in [3.63, 3.8) is 0 Å². The fourth-order valence-corrected chi connectivity index (χ4v) is 8.37. The molecule has 2 heterocycles. The van der Waals surface area contributed by atoms with E-state index in [2.05, 4.69) is 216 Å². The molecule has 3 nitrogen and oxygen atoms in total. The first-order chi connectivity index (χ1) is 27.3. The number of nitrogens with zero attached hydrogens (tertiary/aromatic N) is 2. The van der Waals surface area contributed by atoms with Gasteiger partial charge >= 0.3 is 0 Å². The highest BCUT2D eigenvalue weighted by molar-refractivity contribution is 6.19. The predicted molar refractivity (Wildman–Crippen MR) is 231 cm³/mol. The van der Waals surface area contributed by atoms with Gasteiger partial charge in [0.1, 0.15) is 11.2 Å². The van der Waals surface area contributed by atoms with Gasteiger partial charge in [0.2, 0.25) is 0 Å². The lowest BCUT2D eigenvalue weighted by atomic mass is 9.97. The van der Waals surface area contributed by atoms with E-state index in [-0.39, 0.29) is 0 Å². The minimum absolute atomic E-state index is 0.866. The molecule has 0 aliphatic rings. The van der Waals surface area contributed by atoms with Crippen molar-refractivity contribution < 1.29 is 4.42 Å². The Kier molecular flexibility index (Phi) is 7.17. The lowest BCUT2D eigenvalue weighted by Gasteiger charge is -2.25. The van der Waals surface area contributed by atoms with Crippen LogP contribution < -0.4 is 4.90 Å². The quantitative estimate of drug-likeness (QED) is 0.172. The van der Waals surface area contributed by atoms with E-state index < -0.39 is 0 Å². The van der Waals surface area contributed by atoms with Gasteiger partial charge in [-0.1, -0.05) is 127 Å². The van der Waals surface area contributed by atoms with Crippen LogP contribution in [0.25, 0.3) is 82.5 Å². The summed E-state index contributed by atoms with van der Waals surface area (Å²) in [5.74, 6) is 0. The number of aromatic nitrogens is 1. The van der Waals surface area contributed by atoms with Crippen LogP contribution in [0.5, 0.6) is 0 Å². The first-order valence-electron chi connectivity index (χ1n) is 18.8. The van der Waals surface area contributed by atoms with Gasteiger partial charge in [-0.3, -0.25) is 0 Å². The number of hydrogen-bond donors (Lipinski definition) is 0.